The van der Waals surface area contributed by atoms with Gasteiger partial charge in [-0.2, -0.15) is 0 Å². The van der Waals surface area contributed by atoms with Crippen LogP contribution in [0.1, 0.15) is 19.3 Å². The standard InChI is InChI=1S/C15H15F2NO3/c16-11-5-6-13(12(17)8-11)18-14(19)9-21-15(20)7-10-3-1-2-4-10/h1,3,5-6,8,10H,2,4,7,9H2,(H,18,19)/t10-/m0/s1. The highest BCUT2D eigenvalue weighted by Gasteiger charge is 2.16. The van der Waals surface area contributed by atoms with Gasteiger partial charge in [0, 0.05) is 6.07 Å². The molecular formula is C15H15F2NO3. The van der Waals surface area contributed by atoms with Gasteiger partial charge in [-0.15, -0.1) is 0 Å². The van der Waals surface area contributed by atoms with Gasteiger partial charge in [0.25, 0.3) is 5.91 Å². The maximum absolute atomic E-state index is 13.3. The second kappa shape index (κ2) is 6.97. The van der Waals surface area contributed by atoms with Crippen molar-refractivity contribution in [3.63, 3.8) is 0 Å². The molecule has 21 heavy (non-hydrogen) atoms. The van der Waals surface area contributed by atoms with Crippen LogP contribution in [0.3, 0.4) is 0 Å². The molecule has 112 valence electrons. The van der Waals surface area contributed by atoms with Gasteiger partial charge in [0.05, 0.1) is 12.1 Å². The number of allylic oxidation sites excluding steroid dienone is 2. The Morgan fingerprint density at radius 3 is 2.81 bits per heavy atom. The molecule has 0 unspecified atom stereocenters. The number of carbonyl (C=O) groups excluding carboxylic acids is 2. The molecule has 0 aromatic heterocycles. The van der Waals surface area contributed by atoms with Gasteiger partial charge in [0.2, 0.25) is 0 Å². The SMILES string of the molecule is O=C(COC(=O)C[C@H]1C=CCC1)Nc1ccc(F)cc1F. The highest BCUT2D eigenvalue weighted by molar-refractivity contribution is 5.92. The molecule has 1 amide bonds. The van der Waals surface area contributed by atoms with Crippen molar-refractivity contribution in [3.8, 4) is 0 Å². The Kier molecular flexibility index (Phi) is 5.03. The molecule has 1 aromatic carbocycles. The second-order valence-electron chi connectivity index (χ2n) is 4.80. The van der Waals surface area contributed by atoms with Gasteiger partial charge >= 0.3 is 5.97 Å². The van der Waals surface area contributed by atoms with Crippen LogP contribution in [0.15, 0.2) is 30.4 Å². The van der Waals surface area contributed by atoms with E-state index in [4.69, 9.17) is 4.74 Å². The summed E-state index contributed by atoms with van der Waals surface area (Å²) >= 11 is 0. The van der Waals surface area contributed by atoms with Crippen LogP contribution in [0.5, 0.6) is 0 Å². The molecule has 0 saturated heterocycles. The lowest BCUT2D eigenvalue weighted by Gasteiger charge is -2.09. The predicted molar refractivity (Wildman–Crippen MR) is 72.4 cm³/mol. The van der Waals surface area contributed by atoms with E-state index in [1.165, 1.54) is 0 Å². The summed E-state index contributed by atoms with van der Waals surface area (Å²) in [5, 5.41) is 2.21. The summed E-state index contributed by atoms with van der Waals surface area (Å²) in [7, 11) is 0. The predicted octanol–water partition coefficient (Wildman–Crippen LogP) is 2.80. The first-order chi connectivity index (χ1) is 10.0. The fourth-order valence-corrected chi connectivity index (χ4v) is 2.06. The Hall–Kier alpha value is -2.24. The van der Waals surface area contributed by atoms with Crippen molar-refractivity contribution in [2.45, 2.75) is 19.3 Å². The van der Waals surface area contributed by atoms with E-state index in [-0.39, 0.29) is 18.0 Å². The summed E-state index contributed by atoms with van der Waals surface area (Å²) in [6, 6.07) is 2.79. The number of carbonyl (C=O) groups is 2. The zero-order valence-electron chi connectivity index (χ0n) is 11.3. The maximum Gasteiger partial charge on any atom is 0.306 e. The largest absolute Gasteiger partial charge is 0.456 e. The van der Waals surface area contributed by atoms with E-state index >= 15 is 0 Å². The number of anilines is 1. The molecule has 0 fully saturated rings. The van der Waals surface area contributed by atoms with Gasteiger partial charge in [-0.1, -0.05) is 12.2 Å². The van der Waals surface area contributed by atoms with E-state index in [1.807, 2.05) is 12.2 Å². The molecule has 1 aliphatic rings. The first-order valence-electron chi connectivity index (χ1n) is 6.62. The Morgan fingerprint density at radius 1 is 1.33 bits per heavy atom. The fraction of sp³-hybridized carbons (Fsp3) is 0.333. The quantitative estimate of drug-likeness (QED) is 0.671. The smallest absolute Gasteiger partial charge is 0.306 e. The number of benzene rings is 1. The zero-order valence-corrected chi connectivity index (χ0v) is 11.3. The first-order valence-corrected chi connectivity index (χ1v) is 6.62. The molecule has 0 aliphatic heterocycles. The normalized spacial score (nSPS) is 16.8. The van der Waals surface area contributed by atoms with Crippen LogP contribution in [0.4, 0.5) is 14.5 Å². The van der Waals surface area contributed by atoms with E-state index in [0.717, 1.165) is 25.0 Å². The summed E-state index contributed by atoms with van der Waals surface area (Å²) in [5.74, 6) is -2.60. The van der Waals surface area contributed by atoms with Gasteiger partial charge < -0.3 is 10.1 Å². The van der Waals surface area contributed by atoms with Crippen LogP contribution in [0.25, 0.3) is 0 Å². The van der Waals surface area contributed by atoms with Crippen LogP contribution in [-0.4, -0.2) is 18.5 Å². The number of hydrogen-bond donors (Lipinski definition) is 1. The molecule has 1 N–H and O–H groups in total. The molecule has 1 aliphatic carbocycles. The molecule has 6 heteroatoms. The number of hydrogen-bond acceptors (Lipinski definition) is 3. The number of ether oxygens (including phenoxy) is 1. The van der Waals surface area contributed by atoms with Crippen LogP contribution >= 0.6 is 0 Å². The Morgan fingerprint density at radius 2 is 2.14 bits per heavy atom. The van der Waals surface area contributed by atoms with Gasteiger partial charge in [-0.25, -0.2) is 8.78 Å². The van der Waals surface area contributed by atoms with Crippen LogP contribution in [0.2, 0.25) is 0 Å². The number of halogens is 2. The summed E-state index contributed by atoms with van der Waals surface area (Å²) < 4.78 is 30.8. The number of rotatable bonds is 5. The van der Waals surface area contributed by atoms with Gasteiger partial charge in [0.15, 0.2) is 6.61 Å². The average molecular weight is 295 g/mol. The third-order valence-corrected chi connectivity index (χ3v) is 3.11. The molecular weight excluding hydrogens is 280 g/mol. The van der Waals surface area contributed by atoms with E-state index in [9.17, 15) is 18.4 Å². The van der Waals surface area contributed by atoms with E-state index in [1.54, 1.807) is 0 Å². The number of amides is 1. The molecule has 0 radical (unpaired) electrons. The molecule has 1 aromatic rings. The Labute approximate surface area is 120 Å². The van der Waals surface area contributed by atoms with Gasteiger partial charge in [-0.05, 0) is 30.9 Å². The van der Waals surface area contributed by atoms with Gasteiger partial charge in [-0.3, -0.25) is 9.59 Å². The van der Waals surface area contributed by atoms with Crippen molar-refractivity contribution in [1.29, 1.82) is 0 Å². The molecule has 0 spiro atoms. The van der Waals surface area contributed by atoms with Crippen LogP contribution < -0.4 is 5.32 Å². The molecule has 0 saturated carbocycles. The highest BCUT2D eigenvalue weighted by Crippen LogP contribution is 2.20. The lowest BCUT2D eigenvalue weighted by atomic mass is 10.1. The first kappa shape index (κ1) is 15.2. The molecule has 1 atom stereocenters. The summed E-state index contributed by atoms with van der Waals surface area (Å²) in [4.78, 5) is 23.0. The molecule has 0 bridgehead atoms. The average Bonchev–Trinajstić information content (AvgIpc) is 2.92. The molecule has 0 heterocycles. The van der Waals surface area contributed by atoms with Crippen LogP contribution in [-0.2, 0) is 14.3 Å². The Balaban J connectivity index is 1.76. The third kappa shape index (κ3) is 4.66. The maximum atomic E-state index is 13.3. The summed E-state index contributed by atoms with van der Waals surface area (Å²) in [6.07, 6.45) is 6.04. The lowest BCUT2D eigenvalue weighted by Crippen LogP contribution is -2.22. The minimum absolute atomic E-state index is 0.156. The monoisotopic (exact) mass is 295 g/mol. The topological polar surface area (TPSA) is 55.4 Å². The minimum atomic E-state index is -0.884. The fourth-order valence-electron chi connectivity index (χ4n) is 2.06. The summed E-state index contributed by atoms with van der Waals surface area (Å²) in [5.41, 5.74) is -0.156. The van der Waals surface area contributed by atoms with Crippen molar-refractivity contribution in [3.05, 3.63) is 42.0 Å². The lowest BCUT2D eigenvalue weighted by molar-refractivity contribution is -0.147. The van der Waals surface area contributed by atoms with E-state index in [0.29, 0.717) is 6.07 Å². The van der Waals surface area contributed by atoms with Crippen molar-refractivity contribution in [2.24, 2.45) is 5.92 Å². The van der Waals surface area contributed by atoms with Crippen molar-refractivity contribution < 1.29 is 23.1 Å². The third-order valence-electron chi connectivity index (χ3n) is 3.11. The zero-order chi connectivity index (χ0) is 15.2. The molecule has 2 rings (SSSR count). The Bertz CT molecular complexity index is 572. The minimum Gasteiger partial charge on any atom is -0.456 e. The number of nitrogens with one attached hydrogen (secondary N) is 1. The van der Waals surface area contributed by atoms with E-state index in [2.05, 4.69) is 5.32 Å². The van der Waals surface area contributed by atoms with Crippen molar-refractivity contribution >= 4 is 17.6 Å². The number of esters is 1. The molecule has 4 nitrogen and oxygen atoms in total. The summed E-state index contributed by atoms with van der Waals surface area (Å²) in [6.45, 7) is -0.494. The highest BCUT2D eigenvalue weighted by atomic mass is 19.1. The van der Waals surface area contributed by atoms with E-state index < -0.39 is 30.1 Å². The van der Waals surface area contributed by atoms with Crippen molar-refractivity contribution in [1.82, 2.24) is 0 Å². The van der Waals surface area contributed by atoms with Crippen LogP contribution in [0, 0.1) is 17.6 Å². The van der Waals surface area contributed by atoms with Gasteiger partial charge in [0.1, 0.15) is 11.6 Å². The second-order valence-corrected chi connectivity index (χ2v) is 4.80. The van der Waals surface area contributed by atoms with Crippen molar-refractivity contribution in [2.75, 3.05) is 11.9 Å².